The lowest BCUT2D eigenvalue weighted by atomic mass is 9.55. The van der Waals surface area contributed by atoms with Gasteiger partial charge in [-0.1, -0.05) is 20.8 Å². The van der Waals surface area contributed by atoms with Crippen molar-refractivity contribution in [3.05, 3.63) is 0 Å². The van der Waals surface area contributed by atoms with E-state index >= 15 is 0 Å². The molecule has 6 atom stereocenters. The summed E-state index contributed by atoms with van der Waals surface area (Å²) >= 11 is 0. The van der Waals surface area contributed by atoms with Crippen LogP contribution in [0.5, 0.6) is 0 Å². The predicted octanol–water partition coefficient (Wildman–Crippen LogP) is 3.67. The zero-order valence-electron chi connectivity index (χ0n) is 10.8. The van der Waals surface area contributed by atoms with Crippen molar-refractivity contribution >= 4 is 6.29 Å². The molecular formula is C15H24O. The van der Waals surface area contributed by atoms with E-state index in [0.717, 1.165) is 11.8 Å². The van der Waals surface area contributed by atoms with Gasteiger partial charge in [-0.15, -0.1) is 0 Å². The molecule has 0 N–H and O–H groups in total. The Bertz CT molecular complexity index is 323. The summed E-state index contributed by atoms with van der Waals surface area (Å²) < 4.78 is 0. The molecule has 0 aliphatic heterocycles. The van der Waals surface area contributed by atoms with Crippen LogP contribution >= 0.6 is 0 Å². The second-order valence-corrected chi connectivity index (χ2v) is 7.05. The number of rotatable bonds is 2. The molecule has 3 aliphatic rings. The maximum Gasteiger partial charge on any atom is 0.123 e. The minimum atomic E-state index is 0.270. The molecule has 1 nitrogen and oxygen atoms in total. The lowest BCUT2D eigenvalue weighted by Crippen LogP contribution is -2.44. The molecule has 16 heavy (non-hydrogen) atoms. The zero-order valence-corrected chi connectivity index (χ0v) is 10.8. The van der Waals surface area contributed by atoms with Gasteiger partial charge in [0.05, 0.1) is 0 Å². The van der Waals surface area contributed by atoms with Gasteiger partial charge in [-0.2, -0.15) is 0 Å². The van der Waals surface area contributed by atoms with E-state index in [-0.39, 0.29) is 5.92 Å². The first-order chi connectivity index (χ1) is 7.54. The highest BCUT2D eigenvalue weighted by atomic mass is 16.1. The summed E-state index contributed by atoms with van der Waals surface area (Å²) in [6, 6.07) is 0. The van der Waals surface area contributed by atoms with Gasteiger partial charge in [0.25, 0.3) is 0 Å². The van der Waals surface area contributed by atoms with Gasteiger partial charge in [0, 0.05) is 5.92 Å². The first kappa shape index (κ1) is 10.8. The SMILES string of the molecule is CC(C=O)[C@H]1CC[C@]2(C)[C@H]3CC[C@H](C3)[C@]12C. The van der Waals surface area contributed by atoms with E-state index in [1.807, 2.05) is 0 Å². The number of carbonyl (C=O) groups is 1. The average Bonchev–Trinajstić information content (AvgIpc) is 2.88. The van der Waals surface area contributed by atoms with Crippen LogP contribution < -0.4 is 0 Å². The second-order valence-electron chi connectivity index (χ2n) is 7.05. The fourth-order valence-electron chi connectivity index (χ4n) is 5.87. The summed E-state index contributed by atoms with van der Waals surface area (Å²) in [6.07, 6.45) is 8.20. The number of aldehydes is 1. The molecule has 0 aromatic heterocycles. The van der Waals surface area contributed by atoms with E-state index < -0.39 is 0 Å². The van der Waals surface area contributed by atoms with E-state index in [1.165, 1.54) is 38.4 Å². The van der Waals surface area contributed by atoms with Gasteiger partial charge in [-0.25, -0.2) is 0 Å². The Morgan fingerprint density at radius 1 is 1.19 bits per heavy atom. The molecule has 0 amide bonds. The molecule has 0 heterocycles. The maximum atomic E-state index is 11.1. The number of hydrogen-bond acceptors (Lipinski definition) is 1. The van der Waals surface area contributed by atoms with Crippen LogP contribution in [0.4, 0.5) is 0 Å². The van der Waals surface area contributed by atoms with Crippen molar-refractivity contribution in [1.82, 2.24) is 0 Å². The molecule has 3 saturated carbocycles. The Balaban J connectivity index is 2.00. The van der Waals surface area contributed by atoms with Crippen molar-refractivity contribution in [2.75, 3.05) is 0 Å². The summed E-state index contributed by atoms with van der Waals surface area (Å²) in [4.78, 5) is 11.1. The monoisotopic (exact) mass is 220 g/mol. The molecule has 0 saturated heterocycles. The summed E-state index contributed by atoms with van der Waals surface area (Å²) in [7, 11) is 0. The van der Waals surface area contributed by atoms with Gasteiger partial charge < -0.3 is 4.79 Å². The molecule has 1 heteroatoms. The van der Waals surface area contributed by atoms with Crippen molar-refractivity contribution in [2.45, 2.75) is 52.9 Å². The highest BCUT2D eigenvalue weighted by molar-refractivity contribution is 5.54. The summed E-state index contributed by atoms with van der Waals surface area (Å²) in [5, 5.41) is 0. The molecule has 0 aromatic rings. The highest BCUT2D eigenvalue weighted by Gasteiger charge is 2.68. The number of fused-ring (bicyclic) bond motifs is 5. The summed E-state index contributed by atoms with van der Waals surface area (Å²) in [6.45, 7) is 7.17. The molecule has 3 aliphatic carbocycles. The standard InChI is InChI=1S/C15H24O/c1-10(9-16)13-6-7-14(2)11-4-5-12(8-11)15(13,14)3/h9-13H,4-8H2,1-3H3/t10?,11-,12+,13+,14+,15+/m0/s1. The van der Waals surface area contributed by atoms with Gasteiger partial charge in [-0.3, -0.25) is 0 Å². The van der Waals surface area contributed by atoms with E-state index in [9.17, 15) is 4.79 Å². The lowest BCUT2D eigenvalue weighted by molar-refractivity contribution is -0.115. The Hall–Kier alpha value is -0.330. The van der Waals surface area contributed by atoms with E-state index in [4.69, 9.17) is 0 Å². The summed E-state index contributed by atoms with van der Waals surface area (Å²) in [5.41, 5.74) is 1.02. The van der Waals surface area contributed by atoms with Crippen molar-refractivity contribution in [2.24, 2.45) is 34.5 Å². The van der Waals surface area contributed by atoms with E-state index in [1.54, 1.807) is 0 Å². The first-order valence-electron chi connectivity index (χ1n) is 6.99. The van der Waals surface area contributed by atoms with Crippen LogP contribution in [0.1, 0.15) is 52.9 Å². The van der Waals surface area contributed by atoms with Crippen molar-refractivity contribution < 1.29 is 4.79 Å². The van der Waals surface area contributed by atoms with Crippen molar-refractivity contribution in [1.29, 1.82) is 0 Å². The van der Waals surface area contributed by atoms with Gasteiger partial charge >= 0.3 is 0 Å². The molecule has 90 valence electrons. The molecule has 3 rings (SSSR count). The van der Waals surface area contributed by atoms with Crippen LogP contribution in [0.3, 0.4) is 0 Å². The Kier molecular flexibility index (Phi) is 2.10. The number of hydrogen-bond donors (Lipinski definition) is 0. The average molecular weight is 220 g/mol. The Labute approximate surface area is 99.0 Å². The molecule has 0 radical (unpaired) electrons. The number of carbonyl (C=O) groups excluding carboxylic acids is 1. The third-order valence-electron chi connectivity index (χ3n) is 7.01. The topological polar surface area (TPSA) is 17.1 Å². The molecule has 3 fully saturated rings. The quantitative estimate of drug-likeness (QED) is 0.649. The fourth-order valence-corrected chi connectivity index (χ4v) is 5.87. The Morgan fingerprint density at radius 2 is 1.88 bits per heavy atom. The lowest BCUT2D eigenvalue weighted by Gasteiger charge is -2.49. The van der Waals surface area contributed by atoms with Gasteiger partial charge in [-0.05, 0) is 60.7 Å². The van der Waals surface area contributed by atoms with Crippen LogP contribution in [0.25, 0.3) is 0 Å². The minimum absolute atomic E-state index is 0.270. The van der Waals surface area contributed by atoms with Crippen LogP contribution in [0.2, 0.25) is 0 Å². The smallest absolute Gasteiger partial charge is 0.123 e. The Morgan fingerprint density at radius 3 is 2.56 bits per heavy atom. The minimum Gasteiger partial charge on any atom is -0.303 e. The molecular weight excluding hydrogens is 196 g/mol. The van der Waals surface area contributed by atoms with Gasteiger partial charge in [0.1, 0.15) is 6.29 Å². The molecule has 1 unspecified atom stereocenters. The maximum absolute atomic E-state index is 11.1. The fraction of sp³-hybridized carbons (Fsp3) is 0.933. The van der Waals surface area contributed by atoms with Gasteiger partial charge in [0.2, 0.25) is 0 Å². The van der Waals surface area contributed by atoms with Crippen LogP contribution in [0.15, 0.2) is 0 Å². The molecule has 0 spiro atoms. The van der Waals surface area contributed by atoms with Crippen LogP contribution in [-0.4, -0.2) is 6.29 Å². The normalized spacial score (nSPS) is 56.3. The zero-order chi connectivity index (χ0) is 11.6. The third kappa shape index (κ3) is 0.966. The third-order valence-corrected chi connectivity index (χ3v) is 7.01. The van der Waals surface area contributed by atoms with Gasteiger partial charge in [0.15, 0.2) is 0 Å². The van der Waals surface area contributed by atoms with Crippen LogP contribution in [0, 0.1) is 34.5 Å². The molecule has 2 bridgehead atoms. The second kappa shape index (κ2) is 3.11. The first-order valence-corrected chi connectivity index (χ1v) is 6.99. The van der Waals surface area contributed by atoms with E-state index in [2.05, 4.69) is 20.8 Å². The predicted molar refractivity (Wildman–Crippen MR) is 65.0 cm³/mol. The summed E-state index contributed by atoms with van der Waals surface area (Å²) in [5.74, 6) is 2.81. The van der Waals surface area contributed by atoms with Crippen LogP contribution in [-0.2, 0) is 4.79 Å². The largest absolute Gasteiger partial charge is 0.303 e. The highest BCUT2D eigenvalue weighted by Crippen LogP contribution is 2.75. The van der Waals surface area contributed by atoms with E-state index in [0.29, 0.717) is 16.7 Å². The van der Waals surface area contributed by atoms with Crippen molar-refractivity contribution in [3.63, 3.8) is 0 Å². The molecule has 0 aromatic carbocycles. The van der Waals surface area contributed by atoms with Crippen molar-refractivity contribution in [3.8, 4) is 0 Å².